The number of carboxylic acids is 1. The molecule has 0 saturated carbocycles. The summed E-state index contributed by atoms with van der Waals surface area (Å²) in [5.74, 6) is -1.29. The second-order valence-electron chi connectivity index (χ2n) is 7.38. The minimum absolute atomic E-state index is 0.0251. The lowest BCUT2D eigenvalue weighted by molar-refractivity contribution is 0.0696. The third-order valence-electron chi connectivity index (χ3n) is 5.15. The summed E-state index contributed by atoms with van der Waals surface area (Å²) in [5, 5.41) is 11.4. The van der Waals surface area contributed by atoms with Gasteiger partial charge in [-0.2, -0.15) is 0 Å². The van der Waals surface area contributed by atoms with E-state index < -0.39 is 5.97 Å². The molecule has 0 spiro atoms. The van der Waals surface area contributed by atoms with Crippen molar-refractivity contribution in [2.24, 2.45) is 0 Å². The number of rotatable bonds is 5. The number of fused-ring (bicyclic) bond motifs is 1. The Hall–Kier alpha value is -2.99. The first kappa shape index (κ1) is 22.2. The number of hydrogen-bond donors (Lipinski definition) is 2. The Balaban J connectivity index is 1.65. The molecular weight excluding hydrogens is 471 g/mol. The van der Waals surface area contributed by atoms with Crippen molar-refractivity contribution in [3.63, 3.8) is 0 Å². The lowest BCUT2D eigenvalue weighted by Crippen LogP contribution is -2.26. The number of amides is 1. The molecule has 0 unspecified atom stereocenters. The van der Waals surface area contributed by atoms with Crippen LogP contribution in [0.1, 0.15) is 26.4 Å². The highest BCUT2D eigenvalue weighted by atomic mass is 35.5. The van der Waals surface area contributed by atoms with Gasteiger partial charge in [-0.3, -0.25) is 4.79 Å². The smallest absolute Gasteiger partial charge is 0.337 e. The van der Waals surface area contributed by atoms with Gasteiger partial charge in [0.05, 0.1) is 10.6 Å². The van der Waals surface area contributed by atoms with Crippen LogP contribution in [0, 0.1) is 0 Å². The number of benzene rings is 3. The van der Waals surface area contributed by atoms with Crippen LogP contribution >= 0.6 is 34.8 Å². The second kappa shape index (κ2) is 8.87. The number of aromatic carboxylic acids is 1. The molecule has 4 rings (SSSR count). The van der Waals surface area contributed by atoms with Crippen LogP contribution in [0.3, 0.4) is 0 Å². The number of hydrogen-bond acceptors (Lipinski definition) is 2. The van der Waals surface area contributed by atoms with Crippen LogP contribution in [0.15, 0.2) is 60.7 Å². The minimum atomic E-state index is -1.09. The van der Waals surface area contributed by atoms with Crippen LogP contribution in [0.5, 0.6) is 0 Å². The number of nitrogens with zero attached hydrogens (tertiary/aromatic N) is 1. The third-order valence-corrected chi connectivity index (χ3v) is 5.93. The molecule has 2 N–H and O–H groups in total. The molecule has 3 aromatic carbocycles. The number of carboxylic acid groups (broad SMARTS) is 1. The molecule has 5 nitrogen and oxygen atoms in total. The molecule has 0 radical (unpaired) electrons. The lowest BCUT2D eigenvalue weighted by atomic mass is 9.98. The molecule has 0 bridgehead atoms. The van der Waals surface area contributed by atoms with Gasteiger partial charge in [-0.1, -0.05) is 53.0 Å². The number of halogens is 3. The minimum Gasteiger partial charge on any atom is -0.478 e. The fourth-order valence-corrected chi connectivity index (χ4v) is 4.21. The van der Waals surface area contributed by atoms with Gasteiger partial charge in [-0.25, -0.2) is 4.79 Å². The van der Waals surface area contributed by atoms with E-state index in [9.17, 15) is 14.7 Å². The van der Waals surface area contributed by atoms with Crippen molar-refractivity contribution in [1.29, 1.82) is 0 Å². The highest BCUT2D eigenvalue weighted by Crippen LogP contribution is 2.31. The molecule has 0 fully saturated rings. The number of carbonyl (C=O) groups is 2. The summed E-state index contributed by atoms with van der Waals surface area (Å²) in [6.07, 6.45) is 0. The largest absolute Gasteiger partial charge is 0.478 e. The predicted molar refractivity (Wildman–Crippen MR) is 128 cm³/mol. The van der Waals surface area contributed by atoms with Crippen LogP contribution in [-0.4, -0.2) is 33.9 Å². The number of carbonyl (C=O) groups excluding carboxylic acids is 1. The van der Waals surface area contributed by atoms with Gasteiger partial charge in [0.15, 0.2) is 0 Å². The molecule has 1 heterocycles. The molecule has 0 aliphatic rings. The quantitative estimate of drug-likeness (QED) is 0.326. The fraction of sp³-hybridized carbons (Fsp3) is 0.0833. The monoisotopic (exact) mass is 486 g/mol. The van der Waals surface area contributed by atoms with E-state index in [0.717, 1.165) is 27.6 Å². The van der Waals surface area contributed by atoms with E-state index in [1.807, 2.05) is 12.1 Å². The van der Waals surface area contributed by atoms with E-state index in [0.29, 0.717) is 15.7 Å². The Morgan fingerprint density at radius 2 is 1.66 bits per heavy atom. The molecule has 0 aliphatic carbocycles. The first-order valence-corrected chi connectivity index (χ1v) is 10.7. The van der Waals surface area contributed by atoms with E-state index in [1.165, 1.54) is 6.07 Å². The molecular formula is C24H17Cl3N2O3. The van der Waals surface area contributed by atoms with Gasteiger partial charge >= 0.3 is 5.97 Å². The summed E-state index contributed by atoms with van der Waals surface area (Å²) in [4.78, 5) is 29.0. The van der Waals surface area contributed by atoms with E-state index in [2.05, 4.69) is 4.98 Å². The Labute approximate surface area is 199 Å². The summed E-state index contributed by atoms with van der Waals surface area (Å²) in [6, 6.07) is 17.3. The molecule has 0 aliphatic heterocycles. The van der Waals surface area contributed by atoms with Crippen molar-refractivity contribution in [3.8, 4) is 11.1 Å². The highest BCUT2D eigenvalue weighted by molar-refractivity contribution is 6.34. The van der Waals surface area contributed by atoms with E-state index in [4.69, 9.17) is 34.8 Å². The van der Waals surface area contributed by atoms with Crippen molar-refractivity contribution in [1.82, 2.24) is 9.88 Å². The first-order valence-electron chi connectivity index (χ1n) is 9.58. The van der Waals surface area contributed by atoms with Crippen LogP contribution in [0.2, 0.25) is 15.1 Å². The second-order valence-corrected chi connectivity index (χ2v) is 8.66. The Kier molecular flexibility index (Phi) is 6.15. The molecule has 1 amide bonds. The van der Waals surface area contributed by atoms with Crippen LogP contribution in [0.4, 0.5) is 0 Å². The van der Waals surface area contributed by atoms with Crippen LogP contribution in [-0.2, 0) is 6.54 Å². The number of aromatic amines is 1. The summed E-state index contributed by atoms with van der Waals surface area (Å²) in [7, 11) is 1.70. The summed E-state index contributed by atoms with van der Waals surface area (Å²) >= 11 is 18.4. The van der Waals surface area contributed by atoms with Gasteiger partial charge < -0.3 is 15.0 Å². The molecule has 0 atom stereocenters. The van der Waals surface area contributed by atoms with Crippen molar-refractivity contribution in [2.45, 2.75) is 6.54 Å². The Bertz CT molecular complexity index is 1360. The van der Waals surface area contributed by atoms with Crippen molar-refractivity contribution in [3.05, 3.63) is 92.6 Å². The van der Waals surface area contributed by atoms with Crippen LogP contribution < -0.4 is 0 Å². The van der Waals surface area contributed by atoms with E-state index in [-0.39, 0.29) is 23.0 Å². The Morgan fingerprint density at radius 1 is 0.938 bits per heavy atom. The zero-order valence-electron chi connectivity index (χ0n) is 16.8. The van der Waals surface area contributed by atoms with Crippen molar-refractivity contribution >= 4 is 57.6 Å². The Morgan fingerprint density at radius 3 is 2.38 bits per heavy atom. The SMILES string of the molecule is CN(Cc1cc(Cl)ccc1-c1ccc(C(=O)O)c(Cl)c1)C(=O)c1cc2ccc(Cl)cc2[nH]1. The fourth-order valence-electron chi connectivity index (χ4n) is 3.58. The average molecular weight is 488 g/mol. The maximum absolute atomic E-state index is 13.1. The molecule has 32 heavy (non-hydrogen) atoms. The zero-order chi connectivity index (χ0) is 23.0. The van der Waals surface area contributed by atoms with Crippen molar-refractivity contribution < 1.29 is 14.7 Å². The van der Waals surface area contributed by atoms with E-state index in [1.54, 1.807) is 54.4 Å². The van der Waals surface area contributed by atoms with Crippen molar-refractivity contribution in [2.75, 3.05) is 7.05 Å². The number of nitrogens with one attached hydrogen (secondary N) is 1. The summed E-state index contributed by atoms with van der Waals surface area (Å²) in [6.45, 7) is 0.281. The standard InChI is InChI=1S/C24H17Cl3N2O3/c1-29(23(30)22-10-14-2-4-17(26)11-21(14)28-22)12-15-8-16(25)5-7-18(15)13-3-6-19(24(31)32)20(27)9-13/h2-11,28H,12H2,1H3,(H,31,32). The number of aromatic nitrogens is 1. The molecule has 0 saturated heterocycles. The normalized spacial score (nSPS) is 11.0. The summed E-state index contributed by atoms with van der Waals surface area (Å²) < 4.78 is 0. The topological polar surface area (TPSA) is 73.4 Å². The highest BCUT2D eigenvalue weighted by Gasteiger charge is 2.18. The zero-order valence-corrected chi connectivity index (χ0v) is 19.1. The maximum atomic E-state index is 13.1. The molecule has 8 heteroatoms. The lowest BCUT2D eigenvalue weighted by Gasteiger charge is -2.19. The van der Waals surface area contributed by atoms with E-state index >= 15 is 0 Å². The van der Waals surface area contributed by atoms with Gasteiger partial charge in [-0.15, -0.1) is 0 Å². The number of H-pyrrole nitrogens is 1. The molecule has 1 aromatic heterocycles. The summed E-state index contributed by atoms with van der Waals surface area (Å²) in [5.41, 5.74) is 3.58. The molecule has 4 aromatic rings. The van der Waals surface area contributed by atoms with Crippen LogP contribution in [0.25, 0.3) is 22.0 Å². The van der Waals surface area contributed by atoms with Gasteiger partial charge in [0.2, 0.25) is 0 Å². The van der Waals surface area contributed by atoms with Gasteiger partial charge in [0.25, 0.3) is 5.91 Å². The average Bonchev–Trinajstić information content (AvgIpc) is 3.16. The van der Waals surface area contributed by atoms with Gasteiger partial charge in [-0.05, 0) is 59.2 Å². The maximum Gasteiger partial charge on any atom is 0.337 e. The van der Waals surface area contributed by atoms with Gasteiger partial charge in [0, 0.05) is 34.5 Å². The molecule has 162 valence electrons. The first-order chi connectivity index (χ1) is 15.2. The predicted octanol–water partition coefficient (Wildman–Crippen LogP) is 6.77. The third kappa shape index (κ3) is 4.46. The van der Waals surface area contributed by atoms with Gasteiger partial charge in [0.1, 0.15) is 5.69 Å².